The maximum absolute atomic E-state index is 13.4. The summed E-state index contributed by atoms with van der Waals surface area (Å²) in [4.78, 5) is 14.2. The number of aromatic nitrogens is 2. The molecule has 0 spiro atoms. The average molecular weight is 410 g/mol. The summed E-state index contributed by atoms with van der Waals surface area (Å²) in [6, 6.07) is 12.4. The lowest BCUT2D eigenvalue weighted by Gasteiger charge is -2.16. The van der Waals surface area contributed by atoms with Crippen LogP contribution < -0.4 is 0 Å². The van der Waals surface area contributed by atoms with Gasteiger partial charge >= 0.3 is 0 Å². The molecular weight excluding hydrogens is 381 g/mol. The van der Waals surface area contributed by atoms with Crippen molar-refractivity contribution in [3.8, 4) is 11.3 Å². The maximum atomic E-state index is 13.4. The third-order valence-corrected chi connectivity index (χ3v) is 5.86. The number of carbonyl (C=O) groups excluding carboxylic acids is 1. The van der Waals surface area contributed by atoms with Crippen molar-refractivity contribution in [3.05, 3.63) is 65.5 Å². The Labute approximate surface area is 176 Å². The van der Waals surface area contributed by atoms with E-state index in [9.17, 15) is 9.18 Å². The van der Waals surface area contributed by atoms with Crippen LogP contribution in [0.3, 0.4) is 0 Å². The van der Waals surface area contributed by atoms with Gasteiger partial charge in [0.25, 0.3) is 0 Å². The lowest BCUT2D eigenvalue weighted by molar-refractivity contribution is -0.129. The largest absolute Gasteiger partial charge is 0.466 e. The van der Waals surface area contributed by atoms with Gasteiger partial charge in [0, 0.05) is 43.6 Å². The molecule has 1 aromatic carbocycles. The van der Waals surface area contributed by atoms with Gasteiger partial charge in [-0.2, -0.15) is 5.10 Å². The van der Waals surface area contributed by atoms with Gasteiger partial charge in [0.15, 0.2) is 0 Å². The van der Waals surface area contributed by atoms with Gasteiger partial charge in [-0.3, -0.25) is 9.89 Å². The number of nitrogens with zero attached hydrogens (tertiary/aromatic N) is 2. The number of hydrogen-bond donors (Lipinski definition) is 1. The van der Waals surface area contributed by atoms with E-state index in [-0.39, 0.29) is 11.7 Å². The molecule has 3 aromatic rings. The Hall–Kier alpha value is -2.89. The summed E-state index contributed by atoms with van der Waals surface area (Å²) in [5.41, 5.74) is 2.46. The van der Waals surface area contributed by atoms with Crippen LogP contribution in [-0.2, 0) is 17.6 Å². The van der Waals surface area contributed by atoms with E-state index in [1.807, 2.05) is 25.2 Å². The van der Waals surface area contributed by atoms with Gasteiger partial charge in [0.05, 0.1) is 5.69 Å². The number of H-pyrrole nitrogens is 1. The van der Waals surface area contributed by atoms with Gasteiger partial charge in [-0.05, 0) is 55.5 Å². The monoisotopic (exact) mass is 409 g/mol. The van der Waals surface area contributed by atoms with E-state index in [0.29, 0.717) is 25.3 Å². The molecule has 6 heteroatoms. The van der Waals surface area contributed by atoms with E-state index in [2.05, 4.69) is 23.2 Å². The molecule has 30 heavy (non-hydrogen) atoms. The second kappa shape index (κ2) is 8.86. The summed E-state index contributed by atoms with van der Waals surface area (Å²) >= 11 is 0. The first-order chi connectivity index (χ1) is 14.5. The van der Waals surface area contributed by atoms with E-state index in [1.165, 1.54) is 18.6 Å². The molecule has 1 saturated carbocycles. The van der Waals surface area contributed by atoms with E-state index >= 15 is 0 Å². The lowest BCUT2D eigenvalue weighted by atomic mass is 10.1. The number of amides is 1. The molecule has 1 amide bonds. The lowest BCUT2D eigenvalue weighted by Crippen LogP contribution is -2.28. The minimum absolute atomic E-state index is 0.123. The molecule has 2 heterocycles. The highest BCUT2D eigenvalue weighted by molar-refractivity contribution is 5.76. The van der Waals surface area contributed by atoms with Gasteiger partial charge in [-0.1, -0.05) is 19.1 Å². The fraction of sp³-hybridized carbons (Fsp3) is 0.417. The van der Waals surface area contributed by atoms with Crippen molar-refractivity contribution < 1.29 is 13.6 Å². The van der Waals surface area contributed by atoms with Gasteiger partial charge in [0.1, 0.15) is 17.3 Å². The Balaban J connectivity index is 1.19. The summed E-state index contributed by atoms with van der Waals surface area (Å²) in [6.07, 6.45) is 3.91. The highest BCUT2D eigenvalue weighted by Crippen LogP contribution is 2.47. The average Bonchev–Trinajstić information content (AvgIpc) is 3.12. The van der Waals surface area contributed by atoms with Crippen molar-refractivity contribution in [3.63, 3.8) is 0 Å². The normalized spacial score (nSPS) is 17.8. The molecule has 4 rings (SSSR count). The molecule has 0 radical (unpaired) electrons. The van der Waals surface area contributed by atoms with Crippen LogP contribution in [0.25, 0.3) is 11.3 Å². The molecule has 2 atom stereocenters. The Morgan fingerprint density at radius 2 is 2.10 bits per heavy atom. The van der Waals surface area contributed by atoms with E-state index in [4.69, 9.17) is 4.42 Å². The third kappa shape index (κ3) is 4.99. The molecule has 158 valence electrons. The summed E-state index contributed by atoms with van der Waals surface area (Å²) in [5, 5.41) is 7.27. The van der Waals surface area contributed by atoms with Crippen LogP contribution in [0.5, 0.6) is 0 Å². The molecule has 0 saturated heterocycles. The fourth-order valence-electron chi connectivity index (χ4n) is 3.78. The summed E-state index contributed by atoms with van der Waals surface area (Å²) < 4.78 is 19.3. The number of hydrogen-bond acceptors (Lipinski definition) is 3. The van der Waals surface area contributed by atoms with Crippen LogP contribution in [-0.4, -0.2) is 34.6 Å². The number of furan rings is 1. The number of halogens is 1. The van der Waals surface area contributed by atoms with Crippen LogP contribution in [0.4, 0.5) is 4.39 Å². The van der Waals surface area contributed by atoms with Crippen molar-refractivity contribution in [1.29, 1.82) is 0 Å². The number of aryl methyl sites for hydroxylation is 2. The highest BCUT2D eigenvalue weighted by atomic mass is 19.1. The summed E-state index contributed by atoms with van der Waals surface area (Å²) in [7, 11) is 1.84. The van der Waals surface area contributed by atoms with E-state index in [0.717, 1.165) is 47.2 Å². The van der Waals surface area contributed by atoms with Gasteiger partial charge in [0.2, 0.25) is 5.91 Å². The van der Waals surface area contributed by atoms with Gasteiger partial charge in [-0.15, -0.1) is 0 Å². The van der Waals surface area contributed by atoms with Gasteiger partial charge in [-0.25, -0.2) is 4.39 Å². The smallest absolute Gasteiger partial charge is 0.222 e. The second-order valence-corrected chi connectivity index (χ2v) is 8.33. The molecule has 1 aliphatic rings. The van der Waals surface area contributed by atoms with Gasteiger partial charge < -0.3 is 9.32 Å². The van der Waals surface area contributed by atoms with E-state index in [1.54, 1.807) is 11.0 Å². The molecule has 0 bridgehead atoms. The SMILES string of the molecule is CC1CC1c1ccc(CCC(=O)N(C)CCCc2cc(-c3cccc(F)c3)n[nH]2)o1. The molecule has 2 aromatic heterocycles. The molecule has 0 aliphatic heterocycles. The Morgan fingerprint density at radius 3 is 2.87 bits per heavy atom. The number of carbonyl (C=O) groups is 1. The standard InChI is InChI=1S/C24H28FN3O2/c1-16-13-21(16)23-10-8-20(30-23)9-11-24(29)28(2)12-4-7-19-15-22(27-26-19)17-5-3-6-18(25)14-17/h3,5-6,8,10,14-16,21H,4,7,9,11-13H2,1-2H3,(H,26,27). The minimum atomic E-state index is -0.273. The van der Waals surface area contributed by atoms with Crippen LogP contribution >= 0.6 is 0 Å². The first-order valence-corrected chi connectivity index (χ1v) is 10.6. The Morgan fingerprint density at radius 1 is 1.27 bits per heavy atom. The quantitative estimate of drug-likeness (QED) is 0.544. The number of benzene rings is 1. The predicted molar refractivity (Wildman–Crippen MR) is 113 cm³/mol. The molecule has 2 unspecified atom stereocenters. The number of aromatic amines is 1. The van der Waals surface area contributed by atoms with Crippen LogP contribution in [0.1, 0.15) is 49.3 Å². The Bertz CT molecular complexity index is 1010. The van der Waals surface area contributed by atoms with Crippen molar-refractivity contribution in [2.24, 2.45) is 5.92 Å². The van der Waals surface area contributed by atoms with Crippen LogP contribution in [0, 0.1) is 11.7 Å². The molecule has 5 nitrogen and oxygen atoms in total. The van der Waals surface area contributed by atoms with Crippen LogP contribution in [0.2, 0.25) is 0 Å². The second-order valence-electron chi connectivity index (χ2n) is 8.33. The number of rotatable bonds is 9. The molecule has 1 N–H and O–H groups in total. The molecular formula is C24H28FN3O2. The zero-order valence-corrected chi connectivity index (χ0v) is 17.5. The fourth-order valence-corrected chi connectivity index (χ4v) is 3.78. The topological polar surface area (TPSA) is 62.1 Å². The predicted octanol–water partition coefficient (Wildman–Crippen LogP) is 4.96. The third-order valence-electron chi connectivity index (χ3n) is 5.86. The summed E-state index contributed by atoms with van der Waals surface area (Å²) in [6.45, 7) is 2.91. The minimum Gasteiger partial charge on any atom is -0.466 e. The molecule has 1 fully saturated rings. The van der Waals surface area contributed by atoms with Crippen molar-refractivity contribution in [2.45, 2.75) is 44.9 Å². The van der Waals surface area contributed by atoms with Crippen LogP contribution in [0.15, 0.2) is 46.9 Å². The van der Waals surface area contributed by atoms with Crippen molar-refractivity contribution >= 4 is 5.91 Å². The first-order valence-electron chi connectivity index (χ1n) is 10.6. The maximum Gasteiger partial charge on any atom is 0.222 e. The van der Waals surface area contributed by atoms with E-state index < -0.39 is 0 Å². The number of nitrogens with one attached hydrogen (secondary N) is 1. The van der Waals surface area contributed by atoms with Crippen molar-refractivity contribution in [1.82, 2.24) is 15.1 Å². The zero-order valence-electron chi connectivity index (χ0n) is 17.5. The highest BCUT2D eigenvalue weighted by Gasteiger charge is 2.36. The molecule has 1 aliphatic carbocycles. The zero-order chi connectivity index (χ0) is 21.1. The summed E-state index contributed by atoms with van der Waals surface area (Å²) in [5.74, 6) is 3.10. The Kier molecular flexibility index (Phi) is 6.02. The first kappa shape index (κ1) is 20.4. The van der Waals surface area contributed by atoms with Crippen molar-refractivity contribution in [2.75, 3.05) is 13.6 Å².